The molecule has 4 nitrogen and oxygen atoms in total. The second kappa shape index (κ2) is 5.58. The molecule has 3 aromatic rings. The summed E-state index contributed by atoms with van der Waals surface area (Å²) in [6.07, 6.45) is 0. The second-order valence-corrected chi connectivity index (χ2v) is 5.02. The molecule has 0 unspecified atom stereocenters. The smallest absolute Gasteiger partial charge is 0.239 e. The SMILES string of the molecule is Cc1ccc(-c2nc3ccc(NC(=O)CCl)cc3o2)cc1. The molecule has 3 rings (SSSR count). The lowest BCUT2D eigenvalue weighted by atomic mass is 10.1. The molecule has 0 spiro atoms. The molecule has 5 heteroatoms. The van der Waals surface area contributed by atoms with Crippen LogP contribution in [-0.4, -0.2) is 16.8 Å². The van der Waals surface area contributed by atoms with Crippen molar-refractivity contribution >= 4 is 34.3 Å². The van der Waals surface area contributed by atoms with Crippen molar-refractivity contribution in [2.75, 3.05) is 11.2 Å². The fourth-order valence-corrected chi connectivity index (χ4v) is 2.08. The average molecular weight is 301 g/mol. The van der Waals surface area contributed by atoms with Crippen LogP contribution in [0.3, 0.4) is 0 Å². The average Bonchev–Trinajstić information content (AvgIpc) is 2.91. The highest BCUT2D eigenvalue weighted by Gasteiger charge is 2.09. The van der Waals surface area contributed by atoms with Crippen molar-refractivity contribution in [1.29, 1.82) is 0 Å². The molecule has 0 aliphatic rings. The van der Waals surface area contributed by atoms with Gasteiger partial charge in [0.05, 0.1) is 0 Å². The van der Waals surface area contributed by atoms with Crippen LogP contribution in [-0.2, 0) is 4.79 Å². The number of hydrogen-bond acceptors (Lipinski definition) is 3. The summed E-state index contributed by atoms with van der Waals surface area (Å²) in [7, 11) is 0. The van der Waals surface area contributed by atoms with Gasteiger partial charge in [-0.3, -0.25) is 4.79 Å². The molecule has 0 radical (unpaired) electrons. The van der Waals surface area contributed by atoms with Crippen LogP contribution in [0.25, 0.3) is 22.6 Å². The van der Waals surface area contributed by atoms with Crippen LogP contribution < -0.4 is 5.32 Å². The number of nitrogens with zero attached hydrogens (tertiary/aromatic N) is 1. The van der Waals surface area contributed by atoms with E-state index in [4.69, 9.17) is 16.0 Å². The van der Waals surface area contributed by atoms with Gasteiger partial charge < -0.3 is 9.73 Å². The molecule has 1 heterocycles. The van der Waals surface area contributed by atoms with Gasteiger partial charge in [0, 0.05) is 17.3 Å². The maximum absolute atomic E-state index is 11.3. The van der Waals surface area contributed by atoms with Crippen molar-refractivity contribution in [2.24, 2.45) is 0 Å². The van der Waals surface area contributed by atoms with E-state index in [1.807, 2.05) is 31.2 Å². The number of aryl methyl sites for hydroxylation is 1. The van der Waals surface area contributed by atoms with Crippen molar-refractivity contribution in [1.82, 2.24) is 4.98 Å². The molecule has 1 N–H and O–H groups in total. The third-order valence-corrected chi connectivity index (χ3v) is 3.33. The van der Waals surface area contributed by atoms with E-state index in [1.165, 1.54) is 5.56 Å². The van der Waals surface area contributed by atoms with E-state index in [0.29, 0.717) is 17.2 Å². The van der Waals surface area contributed by atoms with E-state index in [1.54, 1.807) is 18.2 Å². The van der Waals surface area contributed by atoms with Crippen molar-refractivity contribution in [3.63, 3.8) is 0 Å². The zero-order valence-electron chi connectivity index (χ0n) is 11.4. The third-order valence-electron chi connectivity index (χ3n) is 3.09. The standard InChI is InChI=1S/C16H13ClN2O2/c1-10-2-4-11(5-3-10)16-19-13-7-6-12(8-14(13)21-16)18-15(20)9-17/h2-8H,9H2,1H3,(H,18,20). The number of aromatic nitrogens is 1. The highest BCUT2D eigenvalue weighted by molar-refractivity contribution is 6.29. The first-order valence-electron chi connectivity index (χ1n) is 6.49. The number of alkyl halides is 1. The van der Waals surface area contributed by atoms with Gasteiger partial charge in [-0.1, -0.05) is 17.7 Å². The fourth-order valence-electron chi connectivity index (χ4n) is 2.02. The van der Waals surface area contributed by atoms with Gasteiger partial charge in [-0.2, -0.15) is 0 Å². The topological polar surface area (TPSA) is 55.1 Å². The molecule has 2 aromatic carbocycles. The number of hydrogen-bond donors (Lipinski definition) is 1. The lowest BCUT2D eigenvalue weighted by molar-refractivity contribution is -0.113. The normalized spacial score (nSPS) is 10.8. The Morgan fingerprint density at radius 3 is 2.71 bits per heavy atom. The van der Waals surface area contributed by atoms with Crippen LogP contribution in [0.15, 0.2) is 46.9 Å². The molecule has 21 heavy (non-hydrogen) atoms. The van der Waals surface area contributed by atoms with E-state index in [2.05, 4.69) is 10.3 Å². The van der Waals surface area contributed by atoms with Crippen molar-refractivity contribution in [3.05, 3.63) is 48.0 Å². The van der Waals surface area contributed by atoms with Crippen LogP contribution >= 0.6 is 11.6 Å². The van der Waals surface area contributed by atoms with Crippen LogP contribution in [0, 0.1) is 6.92 Å². The summed E-state index contributed by atoms with van der Waals surface area (Å²) < 4.78 is 5.75. The van der Waals surface area contributed by atoms with Crippen LogP contribution in [0.5, 0.6) is 0 Å². The highest BCUT2D eigenvalue weighted by Crippen LogP contribution is 2.26. The van der Waals surface area contributed by atoms with Gasteiger partial charge >= 0.3 is 0 Å². The molecule has 0 atom stereocenters. The van der Waals surface area contributed by atoms with E-state index in [0.717, 1.165) is 11.1 Å². The largest absolute Gasteiger partial charge is 0.436 e. The summed E-state index contributed by atoms with van der Waals surface area (Å²) in [6, 6.07) is 13.3. The van der Waals surface area contributed by atoms with Crippen LogP contribution in [0.2, 0.25) is 0 Å². The third kappa shape index (κ3) is 2.90. The Morgan fingerprint density at radius 2 is 2.00 bits per heavy atom. The molecule has 0 saturated carbocycles. The maximum atomic E-state index is 11.3. The van der Waals surface area contributed by atoms with Gasteiger partial charge in [-0.05, 0) is 31.2 Å². The van der Waals surface area contributed by atoms with Crippen molar-refractivity contribution < 1.29 is 9.21 Å². The predicted molar refractivity (Wildman–Crippen MR) is 83.5 cm³/mol. The Labute approximate surface area is 126 Å². The van der Waals surface area contributed by atoms with Crippen LogP contribution in [0.1, 0.15) is 5.56 Å². The summed E-state index contributed by atoms with van der Waals surface area (Å²) >= 11 is 5.47. The first-order valence-corrected chi connectivity index (χ1v) is 7.02. The monoisotopic (exact) mass is 300 g/mol. The van der Waals surface area contributed by atoms with Gasteiger partial charge in [-0.15, -0.1) is 11.6 Å². The van der Waals surface area contributed by atoms with E-state index in [-0.39, 0.29) is 11.8 Å². The molecule has 0 fully saturated rings. The van der Waals surface area contributed by atoms with Gasteiger partial charge in [-0.25, -0.2) is 4.98 Å². The summed E-state index contributed by atoms with van der Waals surface area (Å²) in [5.74, 6) is 0.225. The lowest BCUT2D eigenvalue weighted by Crippen LogP contribution is -2.12. The minimum atomic E-state index is -0.255. The first-order chi connectivity index (χ1) is 10.2. The highest BCUT2D eigenvalue weighted by atomic mass is 35.5. The Hall–Kier alpha value is -2.33. The van der Waals surface area contributed by atoms with Crippen molar-refractivity contribution in [3.8, 4) is 11.5 Å². The number of benzene rings is 2. The number of amides is 1. The fraction of sp³-hybridized carbons (Fsp3) is 0.125. The number of halogens is 1. The number of carbonyl (C=O) groups is 1. The zero-order valence-corrected chi connectivity index (χ0v) is 12.1. The molecule has 1 amide bonds. The van der Waals surface area contributed by atoms with E-state index >= 15 is 0 Å². The quantitative estimate of drug-likeness (QED) is 0.744. The molecule has 0 saturated heterocycles. The Kier molecular flexibility index (Phi) is 3.62. The summed E-state index contributed by atoms with van der Waals surface area (Å²) in [4.78, 5) is 15.7. The summed E-state index contributed by atoms with van der Waals surface area (Å²) in [5, 5.41) is 2.68. The number of oxazole rings is 1. The van der Waals surface area contributed by atoms with Gasteiger partial charge in [0.15, 0.2) is 5.58 Å². The van der Waals surface area contributed by atoms with Crippen molar-refractivity contribution in [2.45, 2.75) is 6.92 Å². The predicted octanol–water partition coefficient (Wildman–Crippen LogP) is 3.98. The number of carbonyl (C=O) groups excluding carboxylic acids is 1. The number of anilines is 1. The summed E-state index contributed by atoms with van der Waals surface area (Å²) in [6.45, 7) is 2.03. The Morgan fingerprint density at radius 1 is 1.24 bits per heavy atom. The number of fused-ring (bicyclic) bond motifs is 1. The molecule has 0 bridgehead atoms. The second-order valence-electron chi connectivity index (χ2n) is 4.75. The minimum absolute atomic E-state index is 0.0803. The molecule has 0 aliphatic heterocycles. The van der Waals surface area contributed by atoms with Gasteiger partial charge in [0.2, 0.25) is 11.8 Å². The lowest BCUT2D eigenvalue weighted by Gasteiger charge is -2.01. The summed E-state index contributed by atoms with van der Waals surface area (Å²) in [5.41, 5.74) is 4.11. The van der Waals surface area contributed by atoms with Crippen LogP contribution in [0.4, 0.5) is 5.69 Å². The number of rotatable bonds is 3. The molecular formula is C16H13ClN2O2. The van der Waals surface area contributed by atoms with E-state index in [9.17, 15) is 4.79 Å². The first kappa shape index (κ1) is 13.6. The van der Waals surface area contributed by atoms with Gasteiger partial charge in [0.25, 0.3) is 0 Å². The zero-order chi connectivity index (χ0) is 14.8. The maximum Gasteiger partial charge on any atom is 0.239 e. The molecule has 0 aliphatic carbocycles. The Balaban J connectivity index is 1.96. The Bertz CT molecular complexity index is 794. The molecule has 1 aromatic heterocycles. The van der Waals surface area contributed by atoms with E-state index < -0.39 is 0 Å². The molecule has 106 valence electrons. The van der Waals surface area contributed by atoms with Gasteiger partial charge in [0.1, 0.15) is 11.4 Å². The molecular weight excluding hydrogens is 288 g/mol. The number of nitrogens with one attached hydrogen (secondary N) is 1. The minimum Gasteiger partial charge on any atom is -0.436 e.